The van der Waals surface area contributed by atoms with Crippen molar-refractivity contribution in [2.24, 2.45) is 0 Å². The molecule has 0 radical (unpaired) electrons. The van der Waals surface area contributed by atoms with Crippen molar-refractivity contribution in [3.8, 4) is 17.1 Å². The van der Waals surface area contributed by atoms with Crippen LogP contribution >= 0.6 is 0 Å². The molecule has 1 aliphatic heterocycles. The molecule has 0 unspecified atom stereocenters. The van der Waals surface area contributed by atoms with Crippen molar-refractivity contribution < 1.29 is 36.6 Å². The molecule has 0 bridgehead atoms. The molecular weight excluding hydrogens is 501 g/mol. The molecule has 0 saturated carbocycles. The second-order valence-corrected chi connectivity index (χ2v) is 8.96. The molecule has 2 aromatic carbocycles. The van der Waals surface area contributed by atoms with E-state index in [1.807, 2.05) is 18.2 Å². The van der Waals surface area contributed by atoms with Gasteiger partial charge in [0.25, 0.3) is 0 Å². The summed E-state index contributed by atoms with van der Waals surface area (Å²) in [5, 5.41) is 0.960. The number of nitrogens with one attached hydrogen (secondary N) is 1. The lowest BCUT2D eigenvalue weighted by Crippen LogP contribution is -2.42. The summed E-state index contributed by atoms with van der Waals surface area (Å²) in [7, 11) is 3.14. The maximum absolute atomic E-state index is 13.7. The van der Waals surface area contributed by atoms with E-state index in [0.29, 0.717) is 31.1 Å². The van der Waals surface area contributed by atoms with Crippen LogP contribution in [0.15, 0.2) is 59.0 Å². The highest BCUT2D eigenvalue weighted by Gasteiger charge is 2.38. The molecule has 1 N–H and O–H groups in total. The number of halogens is 3. The van der Waals surface area contributed by atoms with Crippen LogP contribution < -0.4 is 4.74 Å². The largest absolute Gasteiger partial charge is 0.497 e. The van der Waals surface area contributed by atoms with Crippen LogP contribution in [0.2, 0.25) is 0 Å². The lowest BCUT2D eigenvalue weighted by molar-refractivity contribution is -0.139. The Kier molecular flexibility index (Phi) is 7.18. The minimum absolute atomic E-state index is 0.0653. The third-order valence-corrected chi connectivity index (χ3v) is 6.71. The molecule has 1 aliphatic rings. The van der Waals surface area contributed by atoms with E-state index >= 15 is 0 Å². The van der Waals surface area contributed by atoms with Gasteiger partial charge in [0.2, 0.25) is 5.91 Å². The van der Waals surface area contributed by atoms with Gasteiger partial charge in [0.05, 0.1) is 31.6 Å². The van der Waals surface area contributed by atoms with Crippen molar-refractivity contribution in [3.05, 3.63) is 77.2 Å². The number of hydrogen-bond donors (Lipinski definition) is 1. The number of H-pyrrole nitrogens is 1. The molecule has 10 heteroatoms. The molecule has 1 atom stereocenters. The average Bonchev–Trinajstić information content (AvgIpc) is 3.54. The normalized spacial score (nSPS) is 15.6. The highest BCUT2D eigenvalue weighted by atomic mass is 19.4. The number of hydrogen-bond acceptors (Lipinski definition) is 5. The molecule has 1 amide bonds. The predicted octanol–water partition coefficient (Wildman–Crippen LogP) is 5.59. The van der Waals surface area contributed by atoms with E-state index < -0.39 is 17.8 Å². The highest BCUT2D eigenvalue weighted by molar-refractivity contribution is 5.88. The van der Waals surface area contributed by atoms with Crippen molar-refractivity contribution >= 4 is 16.8 Å². The van der Waals surface area contributed by atoms with Gasteiger partial charge in [-0.3, -0.25) is 4.79 Å². The number of fused-ring (bicyclic) bond motifs is 3. The number of amides is 1. The van der Waals surface area contributed by atoms with Crippen molar-refractivity contribution in [2.75, 3.05) is 40.6 Å². The van der Waals surface area contributed by atoms with E-state index in [9.17, 15) is 18.0 Å². The monoisotopic (exact) mass is 528 g/mol. The van der Waals surface area contributed by atoms with E-state index in [-0.39, 0.29) is 30.4 Å². The summed E-state index contributed by atoms with van der Waals surface area (Å²) in [5.74, 6) is 0.856. The molecular formula is C28H27F3N2O5. The molecule has 3 heterocycles. The third-order valence-electron chi connectivity index (χ3n) is 6.71. The summed E-state index contributed by atoms with van der Waals surface area (Å²) in [6, 6.07) is 13.4. The number of methoxy groups -OCH3 is 2. The number of aromatic amines is 1. The first-order valence-corrected chi connectivity index (χ1v) is 12.1. The van der Waals surface area contributed by atoms with E-state index in [2.05, 4.69) is 4.98 Å². The Bertz CT molecular complexity index is 1440. The van der Waals surface area contributed by atoms with Gasteiger partial charge in [-0.15, -0.1) is 0 Å². The summed E-state index contributed by atoms with van der Waals surface area (Å²) in [6.07, 6.45) is -3.97. The number of furan rings is 1. The van der Waals surface area contributed by atoms with Crippen molar-refractivity contribution in [3.63, 3.8) is 0 Å². The average molecular weight is 529 g/mol. The number of nitrogens with zero attached hydrogens (tertiary/aromatic N) is 1. The quantitative estimate of drug-likeness (QED) is 0.302. The molecule has 0 fully saturated rings. The van der Waals surface area contributed by atoms with E-state index in [4.69, 9.17) is 18.6 Å². The van der Waals surface area contributed by atoms with Gasteiger partial charge in [0.1, 0.15) is 29.9 Å². The van der Waals surface area contributed by atoms with Crippen molar-refractivity contribution in [2.45, 2.75) is 18.6 Å². The maximum Gasteiger partial charge on any atom is 0.417 e. The first kappa shape index (κ1) is 25.9. The molecule has 0 aliphatic carbocycles. The SMILES string of the molecule is COCCOCC(=O)N1CCc2c([nH]c3ccc(OC)cc23)[C@H]1c1ccc(-c2ccccc2C(F)(F)F)o1. The van der Waals surface area contributed by atoms with Crippen LogP contribution in [0.4, 0.5) is 13.2 Å². The number of benzene rings is 2. The van der Waals surface area contributed by atoms with Crippen molar-refractivity contribution in [1.29, 1.82) is 0 Å². The van der Waals surface area contributed by atoms with Gasteiger partial charge >= 0.3 is 6.18 Å². The predicted molar refractivity (Wildman–Crippen MR) is 134 cm³/mol. The smallest absolute Gasteiger partial charge is 0.417 e. The lowest BCUT2D eigenvalue weighted by Gasteiger charge is -2.34. The maximum atomic E-state index is 13.7. The Morgan fingerprint density at radius 1 is 1.11 bits per heavy atom. The number of ether oxygens (including phenoxy) is 3. The number of alkyl halides is 3. The fourth-order valence-corrected chi connectivity index (χ4v) is 4.93. The van der Waals surface area contributed by atoms with Crippen LogP contribution in [-0.4, -0.2) is 56.4 Å². The van der Waals surface area contributed by atoms with Crippen molar-refractivity contribution in [1.82, 2.24) is 9.88 Å². The fraction of sp³-hybridized carbons (Fsp3) is 0.321. The van der Waals surface area contributed by atoms with Gasteiger partial charge in [-0.05, 0) is 48.4 Å². The Hall–Kier alpha value is -3.76. The fourth-order valence-electron chi connectivity index (χ4n) is 4.93. The molecule has 2 aromatic heterocycles. The van der Waals surface area contributed by atoms with E-state index in [0.717, 1.165) is 28.2 Å². The van der Waals surface area contributed by atoms with Crippen LogP contribution in [-0.2, 0) is 26.9 Å². The second kappa shape index (κ2) is 10.5. The zero-order chi connectivity index (χ0) is 26.9. The van der Waals surface area contributed by atoms with Gasteiger partial charge < -0.3 is 28.5 Å². The molecule has 0 saturated heterocycles. The lowest BCUT2D eigenvalue weighted by atomic mass is 9.95. The second-order valence-electron chi connectivity index (χ2n) is 8.96. The van der Waals surface area contributed by atoms with E-state index in [1.165, 1.54) is 24.3 Å². The topological polar surface area (TPSA) is 76.9 Å². The zero-order valence-electron chi connectivity index (χ0n) is 20.9. The molecule has 0 spiro atoms. The molecule has 200 valence electrons. The number of carbonyl (C=O) groups is 1. The van der Waals surface area contributed by atoms with Gasteiger partial charge in [0, 0.05) is 30.1 Å². The number of rotatable bonds is 8. The first-order chi connectivity index (χ1) is 18.3. The Morgan fingerprint density at radius 2 is 1.92 bits per heavy atom. The van der Waals surface area contributed by atoms with Crippen LogP contribution in [0.25, 0.3) is 22.2 Å². The Labute approximate surface area is 217 Å². The standard InChI is InChI=1S/C28H27F3N2O5/c1-35-13-14-37-16-25(34)33-12-11-18-20-15-17(36-2)7-8-22(20)32-26(18)27(33)24-10-9-23(38-24)19-5-3-4-6-21(19)28(29,30)31/h3-10,15,27,32H,11-14,16H2,1-2H3/t27-/m1/s1. The molecule has 38 heavy (non-hydrogen) atoms. The number of aromatic nitrogens is 1. The summed E-state index contributed by atoms with van der Waals surface area (Å²) in [6.45, 7) is 0.833. The highest BCUT2D eigenvalue weighted by Crippen LogP contribution is 2.42. The Balaban J connectivity index is 1.57. The first-order valence-electron chi connectivity index (χ1n) is 12.1. The summed E-state index contributed by atoms with van der Waals surface area (Å²) in [4.78, 5) is 18.3. The molecule has 5 rings (SSSR count). The van der Waals surface area contributed by atoms with Gasteiger partial charge in [-0.25, -0.2) is 0 Å². The van der Waals surface area contributed by atoms with E-state index in [1.54, 1.807) is 25.2 Å². The zero-order valence-corrected chi connectivity index (χ0v) is 20.9. The molecule has 7 nitrogen and oxygen atoms in total. The minimum Gasteiger partial charge on any atom is -0.497 e. The van der Waals surface area contributed by atoms with Gasteiger partial charge in [0.15, 0.2) is 0 Å². The summed E-state index contributed by atoms with van der Waals surface area (Å²) < 4.78 is 63.0. The van der Waals surface area contributed by atoms with Crippen LogP contribution in [0, 0.1) is 0 Å². The summed E-state index contributed by atoms with van der Waals surface area (Å²) in [5.41, 5.74) is 1.75. The minimum atomic E-state index is -4.54. The summed E-state index contributed by atoms with van der Waals surface area (Å²) >= 11 is 0. The number of carbonyl (C=O) groups excluding carboxylic acids is 1. The van der Waals surface area contributed by atoms with Crippen LogP contribution in [0.1, 0.15) is 28.6 Å². The van der Waals surface area contributed by atoms with Crippen LogP contribution in [0.3, 0.4) is 0 Å². The Morgan fingerprint density at radius 3 is 2.68 bits per heavy atom. The van der Waals surface area contributed by atoms with Gasteiger partial charge in [-0.2, -0.15) is 13.2 Å². The third kappa shape index (κ3) is 4.89. The van der Waals surface area contributed by atoms with Crippen LogP contribution in [0.5, 0.6) is 5.75 Å². The molecule has 4 aromatic rings. The van der Waals surface area contributed by atoms with Gasteiger partial charge in [-0.1, -0.05) is 18.2 Å².